The summed E-state index contributed by atoms with van der Waals surface area (Å²) in [5.74, 6) is -0.223. The smallest absolute Gasteiger partial charge is 0.241 e. The van der Waals surface area contributed by atoms with Crippen LogP contribution < -0.4 is 4.72 Å². The Morgan fingerprint density at radius 3 is 2.65 bits per heavy atom. The third kappa shape index (κ3) is 2.66. The Kier molecular flexibility index (Phi) is 3.79. The number of nitrogens with zero attached hydrogens (tertiary/aromatic N) is 2. The summed E-state index contributed by atoms with van der Waals surface area (Å²) in [7, 11) is -2.11. The molecule has 20 heavy (non-hydrogen) atoms. The molecule has 1 aromatic rings. The first-order valence-corrected chi connectivity index (χ1v) is 7.61. The Morgan fingerprint density at radius 1 is 1.45 bits per heavy atom. The highest BCUT2D eigenvalue weighted by Crippen LogP contribution is 2.17. The summed E-state index contributed by atoms with van der Waals surface area (Å²) in [5, 5.41) is 8.84. The molecule has 0 saturated carbocycles. The van der Waals surface area contributed by atoms with Crippen molar-refractivity contribution in [2.45, 2.75) is 24.3 Å². The number of likely N-dealkylation sites (tertiary alicyclic amines) is 1. The number of rotatable bonds is 3. The number of nitrogens with one attached hydrogen (secondary N) is 1. The van der Waals surface area contributed by atoms with Crippen LogP contribution in [0, 0.1) is 18.3 Å². The molecule has 1 aliphatic heterocycles. The molecule has 7 heteroatoms. The van der Waals surface area contributed by atoms with Crippen molar-refractivity contribution in [1.82, 2.24) is 9.62 Å². The van der Waals surface area contributed by atoms with Gasteiger partial charge in [0.2, 0.25) is 15.9 Å². The zero-order valence-electron chi connectivity index (χ0n) is 11.3. The van der Waals surface area contributed by atoms with Gasteiger partial charge >= 0.3 is 0 Å². The van der Waals surface area contributed by atoms with Crippen LogP contribution in [0.25, 0.3) is 0 Å². The minimum Gasteiger partial charge on any atom is -0.344 e. The van der Waals surface area contributed by atoms with Crippen LogP contribution in [0.5, 0.6) is 0 Å². The van der Waals surface area contributed by atoms with Crippen molar-refractivity contribution < 1.29 is 13.2 Å². The highest BCUT2D eigenvalue weighted by Gasteiger charge is 2.32. The normalized spacial score (nSPS) is 19.1. The van der Waals surface area contributed by atoms with Crippen LogP contribution >= 0.6 is 0 Å². The van der Waals surface area contributed by atoms with Gasteiger partial charge in [-0.25, -0.2) is 8.42 Å². The van der Waals surface area contributed by atoms with E-state index in [1.807, 2.05) is 6.07 Å². The first kappa shape index (κ1) is 14.5. The van der Waals surface area contributed by atoms with Crippen molar-refractivity contribution in [3.05, 3.63) is 29.3 Å². The molecule has 1 unspecified atom stereocenters. The number of aryl methyl sites for hydroxylation is 1. The summed E-state index contributed by atoms with van der Waals surface area (Å²) in [6.07, 6.45) is 0.462. The van der Waals surface area contributed by atoms with Crippen LogP contribution in [0.2, 0.25) is 0 Å². The standard InChI is InChI=1S/C13H15N3O3S/c1-9-7-11(4-3-10(9)8-14)20(18,19)15-12-5-6-16(2)13(12)17/h3-4,7,12,15H,5-6H2,1-2H3. The molecule has 1 saturated heterocycles. The van der Waals surface area contributed by atoms with Crippen LogP contribution in [0.15, 0.2) is 23.1 Å². The second-order valence-electron chi connectivity index (χ2n) is 4.81. The second-order valence-corrected chi connectivity index (χ2v) is 6.52. The number of hydrogen-bond donors (Lipinski definition) is 1. The Balaban J connectivity index is 2.25. The number of amides is 1. The molecule has 1 aliphatic rings. The van der Waals surface area contributed by atoms with E-state index in [1.54, 1.807) is 14.0 Å². The predicted molar refractivity (Wildman–Crippen MR) is 72.3 cm³/mol. The van der Waals surface area contributed by atoms with E-state index in [0.717, 1.165) is 0 Å². The van der Waals surface area contributed by atoms with Crippen molar-refractivity contribution in [3.8, 4) is 6.07 Å². The van der Waals surface area contributed by atoms with Gasteiger partial charge in [-0.15, -0.1) is 0 Å². The molecule has 0 aromatic heterocycles. The SMILES string of the molecule is Cc1cc(S(=O)(=O)NC2CCN(C)C2=O)ccc1C#N. The zero-order chi connectivity index (χ0) is 14.9. The molecule has 0 aliphatic carbocycles. The molecule has 1 heterocycles. The molecule has 1 fully saturated rings. The first-order chi connectivity index (χ1) is 9.35. The molecule has 1 aromatic carbocycles. The van der Waals surface area contributed by atoms with Gasteiger partial charge in [-0.3, -0.25) is 4.79 Å². The minimum atomic E-state index is -3.75. The molecule has 1 atom stereocenters. The number of hydrogen-bond acceptors (Lipinski definition) is 4. The highest BCUT2D eigenvalue weighted by atomic mass is 32.2. The van der Waals surface area contributed by atoms with Gasteiger partial charge < -0.3 is 4.90 Å². The number of sulfonamides is 1. The number of likely N-dealkylation sites (N-methyl/N-ethyl adjacent to an activating group) is 1. The van der Waals surface area contributed by atoms with E-state index in [0.29, 0.717) is 24.1 Å². The number of carbonyl (C=O) groups is 1. The molecule has 106 valence electrons. The van der Waals surface area contributed by atoms with Crippen LogP contribution in [0.3, 0.4) is 0 Å². The Bertz CT molecular complexity index is 691. The molecule has 1 amide bonds. The molecule has 1 N–H and O–H groups in total. The summed E-state index contributed by atoms with van der Waals surface area (Å²) in [5.41, 5.74) is 1.02. The second kappa shape index (κ2) is 5.23. The van der Waals surface area contributed by atoms with Gasteiger partial charge in [0.1, 0.15) is 6.04 Å². The van der Waals surface area contributed by atoms with E-state index in [9.17, 15) is 13.2 Å². The van der Waals surface area contributed by atoms with Gasteiger partial charge in [0.25, 0.3) is 0 Å². The molecule has 2 rings (SSSR count). The lowest BCUT2D eigenvalue weighted by atomic mass is 10.1. The first-order valence-electron chi connectivity index (χ1n) is 6.13. The lowest BCUT2D eigenvalue weighted by Crippen LogP contribution is -2.40. The van der Waals surface area contributed by atoms with Crippen molar-refractivity contribution in [2.75, 3.05) is 13.6 Å². The lowest BCUT2D eigenvalue weighted by molar-refractivity contribution is -0.127. The average Bonchev–Trinajstić information content (AvgIpc) is 2.70. The molecule has 6 nitrogen and oxygen atoms in total. The highest BCUT2D eigenvalue weighted by molar-refractivity contribution is 7.89. The van der Waals surface area contributed by atoms with Crippen molar-refractivity contribution in [1.29, 1.82) is 5.26 Å². The largest absolute Gasteiger partial charge is 0.344 e. The lowest BCUT2D eigenvalue weighted by Gasteiger charge is -2.13. The van der Waals surface area contributed by atoms with Crippen LogP contribution in [-0.2, 0) is 14.8 Å². The predicted octanol–water partition coefficient (Wildman–Crippen LogP) is 0.376. The fraction of sp³-hybridized carbons (Fsp3) is 0.385. The van der Waals surface area contributed by atoms with E-state index in [4.69, 9.17) is 5.26 Å². The maximum absolute atomic E-state index is 12.2. The molecule has 0 bridgehead atoms. The summed E-state index contributed by atoms with van der Waals surface area (Å²) in [6, 6.07) is 5.55. The van der Waals surface area contributed by atoms with Gasteiger partial charge in [-0.1, -0.05) is 0 Å². The number of benzene rings is 1. The number of carbonyl (C=O) groups excluding carboxylic acids is 1. The monoisotopic (exact) mass is 293 g/mol. The zero-order valence-corrected chi connectivity index (χ0v) is 12.1. The van der Waals surface area contributed by atoms with E-state index < -0.39 is 16.1 Å². The van der Waals surface area contributed by atoms with Crippen molar-refractivity contribution in [2.24, 2.45) is 0 Å². The molecule has 0 spiro atoms. The van der Waals surface area contributed by atoms with E-state index in [2.05, 4.69) is 4.72 Å². The maximum Gasteiger partial charge on any atom is 0.241 e. The summed E-state index contributed by atoms with van der Waals surface area (Å²) in [4.78, 5) is 13.3. The van der Waals surface area contributed by atoms with Gasteiger partial charge in [0, 0.05) is 13.6 Å². The fourth-order valence-corrected chi connectivity index (χ4v) is 3.42. The van der Waals surface area contributed by atoms with Gasteiger partial charge in [0.15, 0.2) is 0 Å². The minimum absolute atomic E-state index is 0.0661. The Labute approximate surface area is 118 Å². The Morgan fingerprint density at radius 2 is 2.15 bits per heavy atom. The average molecular weight is 293 g/mol. The third-order valence-corrected chi connectivity index (χ3v) is 4.82. The van der Waals surface area contributed by atoms with E-state index in [-0.39, 0.29) is 10.8 Å². The van der Waals surface area contributed by atoms with Crippen LogP contribution in [0.4, 0.5) is 0 Å². The summed E-state index contributed by atoms with van der Waals surface area (Å²) < 4.78 is 26.9. The maximum atomic E-state index is 12.2. The topological polar surface area (TPSA) is 90.3 Å². The summed E-state index contributed by atoms with van der Waals surface area (Å²) in [6.45, 7) is 2.21. The summed E-state index contributed by atoms with van der Waals surface area (Å²) >= 11 is 0. The molecular weight excluding hydrogens is 278 g/mol. The van der Waals surface area contributed by atoms with E-state index >= 15 is 0 Å². The van der Waals surface area contributed by atoms with Crippen molar-refractivity contribution in [3.63, 3.8) is 0 Å². The Hall–Kier alpha value is -1.91. The molecule has 0 radical (unpaired) electrons. The van der Waals surface area contributed by atoms with Crippen LogP contribution in [-0.4, -0.2) is 38.9 Å². The molecular formula is C13H15N3O3S. The van der Waals surface area contributed by atoms with Crippen molar-refractivity contribution >= 4 is 15.9 Å². The number of nitriles is 1. The van der Waals surface area contributed by atoms with E-state index in [1.165, 1.54) is 23.1 Å². The quantitative estimate of drug-likeness (QED) is 0.872. The van der Waals surface area contributed by atoms with Gasteiger partial charge in [0.05, 0.1) is 16.5 Å². The third-order valence-electron chi connectivity index (χ3n) is 3.35. The van der Waals surface area contributed by atoms with Crippen LogP contribution in [0.1, 0.15) is 17.5 Å². The fourth-order valence-electron chi connectivity index (χ4n) is 2.12. The van der Waals surface area contributed by atoms with Gasteiger partial charge in [-0.05, 0) is 37.1 Å². The van der Waals surface area contributed by atoms with Gasteiger partial charge in [-0.2, -0.15) is 9.98 Å².